The molecule has 27 heavy (non-hydrogen) atoms. The number of guanidine groups is 1. The molecule has 3 aliphatic rings. The van der Waals surface area contributed by atoms with Gasteiger partial charge < -0.3 is 24.4 Å². The Morgan fingerprint density at radius 2 is 2.11 bits per heavy atom. The SMILES string of the molecule is CCNC(=NCC1(c2ccc3c(c2)OCO3)CC1)N(C)CC1CCOC1.I. The Morgan fingerprint density at radius 1 is 1.30 bits per heavy atom. The van der Waals surface area contributed by atoms with Crippen molar-refractivity contribution < 1.29 is 14.2 Å². The van der Waals surface area contributed by atoms with E-state index < -0.39 is 0 Å². The maximum atomic E-state index is 5.55. The molecule has 6 nitrogen and oxygen atoms in total. The van der Waals surface area contributed by atoms with E-state index in [2.05, 4.69) is 36.3 Å². The standard InChI is InChI=1S/C20H29N3O3.HI/c1-3-21-19(23(2)11-15-6-9-24-12-15)22-13-20(7-8-20)16-4-5-17-18(10-16)26-14-25-17;/h4-5,10,15H,3,6-9,11-14H2,1-2H3,(H,21,22);1H. The van der Waals surface area contributed by atoms with Gasteiger partial charge >= 0.3 is 0 Å². The maximum absolute atomic E-state index is 5.55. The third kappa shape index (κ3) is 4.62. The molecule has 7 heteroatoms. The second-order valence-electron chi connectivity index (χ2n) is 7.63. The fourth-order valence-electron chi connectivity index (χ4n) is 3.81. The van der Waals surface area contributed by atoms with Crippen LogP contribution in [-0.2, 0) is 10.2 Å². The monoisotopic (exact) mass is 487 g/mol. The molecule has 1 unspecified atom stereocenters. The number of nitrogens with one attached hydrogen (secondary N) is 1. The van der Waals surface area contributed by atoms with Gasteiger partial charge in [0.2, 0.25) is 6.79 Å². The van der Waals surface area contributed by atoms with Crippen molar-refractivity contribution in [2.45, 2.75) is 31.6 Å². The van der Waals surface area contributed by atoms with Gasteiger partial charge in [-0.15, -0.1) is 24.0 Å². The first kappa shape index (κ1) is 20.5. The van der Waals surface area contributed by atoms with Crippen LogP contribution in [0.5, 0.6) is 11.5 Å². The van der Waals surface area contributed by atoms with Gasteiger partial charge in [-0.25, -0.2) is 0 Å². The molecule has 4 rings (SSSR count). The quantitative estimate of drug-likeness (QED) is 0.380. The Bertz CT molecular complexity index is 672. The zero-order chi connectivity index (χ0) is 18.0. The summed E-state index contributed by atoms with van der Waals surface area (Å²) in [5, 5.41) is 3.44. The largest absolute Gasteiger partial charge is 0.454 e. The Morgan fingerprint density at radius 3 is 2.81 bits per heavy atom. The lowest BCUT2D eigenvalue weighted by atomic mass is 9.96. The van der Waals surface area contributed by atoms with Crippen molar-refractivity contribution in [3.05, 3.63) is 23.8 Å². The normalized spacial score (nSPS) is 22.3. The predicted octanol–water partition coefficient (Wildman–Crippen LogP) is 3.00. The van der Waals surface area contributed by atoms with E-state index in [-0.39, 0.29) is 29.4 Å². The molecule has 2 fully saturated rings. The van der Waals surface area contributed by atoms with Gasteiger partial charge in [0.15, 0.2) is 17.5 Å². The van der Waals surface area contributed by atoms with Crippen LogP contribution in [0.2, 0.25) is 0 Å². The lowest BCUT2D eigenvalue weighted by Crippen LogP contribution is -2.42. The van der Waals surface area contributed by atoms with Crippen LogP contribution in [0.3, 0.4) is 0 Å². The number of hydrogen-bond donors (Lipinski definition) is 1. The van der Waals surface area contributed by atoms with Gasteiger partial charge in [0.05, 0.1) is 13.2 Å². The lowest BCUT2D eigenvalue weighted by molar-refractivity contribution is 0.174. The Kier molecular flexibility index (Phi) is 6.73. The Hall–Kier alpha value is -1.22. The van der Waals surface area contributed by atoms with Crippen molar-refractivity contribution >= 4 is 29.9 Å². The van der Waals surface area contributed by atoms with E-state index in [0.717, 1.165) is 56.7 Å². The van der Waals surface area contributed by atoms with Crippen molar-refractivity contribution in [1.29, 1.82) is 0 Å². The minimum absolute atomic E-state index is 0. The molecular formula is C20H30IN3O3. The topological polar surface area (TPSA) is 55.3 Å². The summed E-state index contributed by atoms with van der Waals surface area (Å²) in [6.45, 7) is 6.87. The number of nitrogens with zero attached hydrogens (tertiary/aromatic N) is 2. The first-order valence-electron chi connectivity index (χ1n) is 9.67. The van der Waals surface area contributed by atoms with E-state index in [1.807, 2.05) is 6.07 Å². The number of halogens is 1. The minimum atomic E-state index is 0. The predicted molar refractivity (Wildman–Crippen MR) is 116 cm³/mol. The number of rotatable bonds is 6. The molecule has 2 heterocycles. The van der Waals surface area contributed by atoms with E-state index in [9.17, 15) is 0 Å². The Labute approximate surface area is 178 Å². The molecule has 0 bridgehead atoms. The molecule has 0 spiro atoms. The van der Waals surface area contributed by atoms with Gasteiger partial charge in [0.1, 0.15) is 0 Å². The molecule has 0 amide bonds. The molecule has 1 aliphatic carbocycles. The third-order valence-electron chi connectivity index (χ3n) is 5.62. The van der Waals surface area contributed by atoms with Crippen LogP contribution >= 0.6 is 24.0 Å². The molecule has 1 atom stereocenters. The summed E-state index contributed by atoms with van der Waals surface area (Å²) >= 11 is 0. The lowest BCUT2D eigenvalue weighted by Gasteiger charge is -2.25. The number of benzene rings is 1. The first-order valence-corrected chi connectivity index (χ1v) is 9.67. The van der Waals surface area contributed by atoms with Crippen molar-refractivity contribution in [1.82, 2.24) is 10.2 Å². The molecule has 0 aromatic heterocycles. The van der Waals surface area contributed by atoms with Crippen molar-refractivity contribution in [2.75, 3.05) is 46.7 Å². The average molecular weight is 487 g/mol. The summed E-state index contributed by atoms with van der Waals surface area (Å²) in [6.07, 6.45) is 3.50. The van der Waals surface area contributed by atoms with Gasteiger partial charge in [-0.3, -0.25) is 4.99 Å². The van der Waals surface area contributed by atoms with Gasteiger partial charge in [0, 0.05) is 38.1 Å². The highest BCUT2D eigenvalue weighted by atomic mass is 127. The zero-order valence-corrected chi connectivity index (χ0v) is 18.5. The van der Waals surface area contributed by atoms with E-state index in [0.29, 0.717) is 12.7 Å². The molecule has 2 aliphatic heterocycles. The highest BCUT2D eigenvalue weighted by Gasteiger charge is 2.45. The summed E-state index contributed by atoms with van der Waals surface area (Å²) in [4.78, 5) is 7.23. The molecule has 0 radical (unpaired) electrons. The number of aliphatic imine (C=N–C) groups is 1. The average Bonchev–Trinajstić information content (AvgIpc) is 3.05. The zero-order valence-electron chi connectivity index (χ0n) is 16.2. The fourth-order valence-corrected chi connectivity index (χ4v) is 3.81. The van der Waals surface area contributed by atoms with Crippen molar-refractivity contribution in [2.24, 2.45) is 10.9 Å². The van der Waals surface area contributed by atoms with Crippen molar-refractivity contribution in [3.8, 4) is 11.5 Å². The summed E-state index contributed by atoms with van der Waals surface area (Å²) in [5.74, 6) is 3.31. The molecular weight excluding hydrogens is 457 g/mol. The molecule has 1 aromatic rings. The second-order valence-corrected chi connectivity index (χ2v) is 7.63. The number of hydrogen-bond acceptors (Lipinski definition) is 4. The molecule has 1 saturated carbocycles. The van der Waals surface area contributed by atoms with Crippen LogP contribution < -0.4 is 14.8 Å². The minimum Gasteiger partial charge on any atom is -0.454 e. The van der Waals surface area contributed by atoms with Crippen LogP contribution in [-0.4, -0.2) is 57.5 Å². The van der Waals surface area contributed by atoms with E-state index in [1.54, 1.807) is 0 Å². The number of fused-ring (bicyclic) bond motifs is 1. The Balaban J connectivity index is 0.00000210. The smallest absolute Gasteiger partial charge is 0.231 e. The van der Waals surface area contributed by atoms with Crippen LogP contribution in [0.4, 0.5) is 0 Å². The fraction of sp³-hybridized carbons (Fsp3) is 0.650. The second kappa shape index (κ2) is 8.86. The van der Waals surface area contributed by atoms with Gasteiger partial charge in [-0.2, -0.15) is 0 Å². The van der Waals surface area contributed by atoms with Crippen LogP contribution in [0.1, 0.15) is 31.7 Å². The highest BCUT2D eigenvalue weighted by molar-refractivity contribution is 14.0. The summed E-state index contributed by atoms with van der Waals surface area (Å²) in [5.41, 5.74) is 1.46. The maximum Gasteiger partial charge on any atom is 0.231 e. The molecule has 1 aromatic carbocycles. The van der Waals surface area contributed by atoms with Gasteiger partial charge in [-0.1, -0.05) is 6.07 Å². The van der Waals surface area contributed by atoms with Gasteiger partial charge in [-0.05, 0) is 43.9 Å². The van der Waals surface area contributed by atoms with E-state index >= 15 is 0 Å². The van der Waals surface area contributed by atoms with Gasteiger partial charge in [0.25, 0.3) is 0 Å². The summed E-state index contributed by atoms with van der Waals surface area (Å²) in [7, 11) is 2.12. The third-order valence-corrected chi connectivity index (χ3v) is 5.62. The molecule has 1 saturated heterocycles. The van der Waals surface area contributed by atoms with E-state index in [1.165, 1.54) is 18.4 Å². The van der Waals surface area contributed by atoms with Crippen molar-refractivity contribution in [3.63, 3.8) is 0 Å². The summed E-state index contributed by atoms with van der Waals surface area (Å²) in [6, 6.07) is 6.33. The molecule has 150 valence electrons. The molecule has 1 N–H and O–H groups in total. The van der Waals surface area contributed by atoms with Crippen LogP contribution in [0, 0.1) is 5.92 Å². The number of ether oxygens (including phenoxy) is 3. The van der Waals surface area contributed by atoms with E-state index in [4.69, 9.17) is 19.2 Å². The highest BCUT2D eigenvalue weighted by Crippen LogP contribution is 2.50. The summed E-state index contributed by atoms with van der Waals surface area (Å²) < 4.78 is 16.5. The van der Waals surface area contributed by atoms with Crippen LogP contribution in [0.15, 0.2) is 23.2 Å². The first-order chi connectivity index (χ1) is 12.7. The van der Waals surface area contributed by atoms with Crippen LogP contribution in [0.25, 0.3) is 0 Å².